The molecule has 1 atom stereocenters. The molecule has 1 aromatic rings. The van der Waals surface area contributed by atoms with Gasteiger partial charge >= 0.3 is 0 Å². The van der Waals surface area contributed by atoms with Crippen LogP contribution in [0.1, 0.15) is 36.7 Å². The Balaban J connectivity index is 2.12. The van der Waals surface area contributed by atoms with Crippen molar-refractivity contribution < 1.29 is 5.11 Å². The molecule has 1 N–H and O–H groups in total. The van der Waals surface area contributed by atoms with Gasteiger partial charge < -0.3 is 5.11 Å². The highest BCUT2D eigenvalue weighted by Gasteiger charge is 2.26. The summed E-state index contributed by atoms with van der Waals surface area (Å²) in [6.07, 6.45) is 4.48. The van der Waals surface area contributed by atoms with Crippen LogP contribution in [-0.2, 0) is 0 Å². The van der Waals surface area contributed by atoms with Gasteiger partial charge in [0.2, 0.25) is 0 Å². The van der Waals surface area contributed by atoms with E-state index in [0.29, 0.717) is 5.92 Å². The second kappa shape index (κ2) is 3.99. The van der Waals surface area contributed by atoms with Gasteiger partial charge in [-0.15, -0.1) is 11.3 Å². The maximum absolute atomic E-state index is 10.0. The lowest BCUT2D eigenvalue weighted by Gasteiger charge is -2.16. The summed E-state index contributed by atoms with van der Waals surface area (Å²) in [4.78, 5) is 0.952. The summed E-state index contributed by atoms with van der Waals surface area (Å²) in [5.74, 6) is 0.441. The topological polar surface area (TPSA) is 20.2 Å². The quantitative estimate of drug-likeness (QED) is 0.801. The summed E-state index contributed by atoms with van der Waals surface area (Å²) in [7, 11) is 0. The van der Waals surface area contributed by atoms with Crippen molar-refractivity contribution in [2.24, 2.45) is 5.92 Å². The number of aliphatic hydroxyl groups excluding tert-OH is 1. The molecule has 0 radical (unpaired) electrons. The van der Waals surface area contributed by atoms with Crippen molar-refractivity contribution in [3.63, 3.8) is 0 Å². The van der Waals surface area contributed by atoms with E-state index < -0.39 is 0 Å². The van der Waals surface area contributed by atoms with E-state index in [1.54, 1.807) is 11.3 Å². The van der Waals surface area contributed by atoms with Gasteiger partial charge in [0.25, 0.3) is 0 Å². The van der Waals surface area contributed by atoms with Crippen molar-refractivity contribution in [1.29, 1.82) is 0 Å². The first-order chi connectivity index (χ1) is 6.29. The third kappa shape index (κ3) is 1.90. The van der Waals surface area contributed by atoms with Gasteiger partial charge in [-0.1, -0.05) is 24.4 Å². The molecule has 0 aromatic carbocycles. The first kappa shape index (κ1) is 9.50. The zero-order valence-electron chi connectivity index (χ0n) is 7.37. The van der Waals surface area contributed by atoms with E-state index in [0.717, 1.165) is 22.7 Å². The van der Waals surface area contributed by atoms with Gasteiger partial charge in [0.15, 0.2) is 0 Å². The lowest BCUT2D eigenvalue weighted by molar-refractivity contribution is 0.115. The number of aliphatic hydroxyl groups is 1. The second-order valence-corrected chi connectivity index (χ2v) is 4.98. The molecular formula is C10H13ClOS. The predicted octanol–water partition coefficient (Wildman–Crippen LogP) is 3.63. The van der Waals surface area contributed by atoms with E-state index in [1.807, 2.05) is 11.4 Å². The minimum atomic E-state index is -0.324. The Bertz CT molecular complexity index is 278. The van der Waals surface area contributed by atoms with E-state index in [2.05, 4.69) is 0 Å². The van der Waals surface area contributed by atoms with Gasteiger partial charge in [0, 0.05) is 0 Å². The zero-order valence-corrected chi connectivity index (χ0v) is 8.94. The smallest absolute Gasteiger partial charge is 0.0924 e. The van der Waals surface area contributed by atoms with E-state index in [1.165, 1.54) is 12.8 Å². The highest BCUT2D eigenvalue weighted by molar-refractivity contribution is 7.10. The fourth-order valence-electron chi connectivity index (χ4n) is 2.00. The monoisotopic (exact) mass is 216 g/mol. The van der Waals surface area contributed by atoms with E-state index in [-0.39, 0.29) is 6.10 Å². The molecular weight excluding hydrogens is 204 g/mol. The van der Waals surface area contributed by atoms with Crippen molar-refractivity contribution in [2.45, 2.75) is 31.8 Å². The molecule has 72 valence electrons. The largest absolute Gasteiger partial charge is 0.387 e. The molecule has 0 saturated heterocycles. The Labute approximate surface area is 87.4 Å². The molecule has 1 nitrogen and oxygen atoms in total. The van der Waals surface area contributed by atoms with Crippen LogP contribution in [0.5, 0.6) is 0 Å². The number of hydrogen-bond donors (Lipinski definition) is 1. The molecule has 13 heavy (non-hydrogen) atoms. The number of thiophene rings is 1. The molecule has 1 aliphatic rings. The molecule has 1 aromatic heterocycles. The SMILES string of the molecule is OC(c1sccc1Cl)C1CCCC1. The third-order valence-corrected chi connectivity index (χ3v) is 4.19. The Kier molecular flexibility index (Phi) is 2.92. The summed E-state index contributed by atoms with van der Waals surface area (Å²) in [6.45, 7) is 0. The second-order valence-electron chi connectivity index (χ2n) is 3.62. The van der Waals surface area contributed by atoms with Gasteiger partial charge in [0.1, 0.15) is 0 Å². The summed E-state index contributed by atoms with van der Waals surface area (Å²) in [5, 5.41) is 12.7. The Morgan fingerprint density at radius 2 is 2.15 bits per heavy atom. The van der Waals surface area contributed by atoms with Crippen LogP contribution in [0.25, 0.3) is 0 Å². The van der Waals surface area contributed by atoms with Crippen LogP contribution in [0.15, 0.2) is 11.4 Å². The summed E-state index contributed by atoms with van der Waals surface area (Å²) in [5.41, 5.74) is 0. The number of hydrogen-bond acceptors (Lipinski definition) is 2. The van der Waals surface area contributed by atoms with Gasteiger partial charge in [-0.25, -0.2) is 0 Å². The van der Waals surface area contributed by atoms with Crippen LogP contribution in [-0.4, -0.2) is 5.11 Å². The summed E-state index contributed by atoms with van der Waals surface area (Å²) >= 11 is 7.53. The summed E-state index contributed by atoms with van der Waals surface area (Å²) < 4.78 is 0. The molecule has 1 aliphatic carbocycles. The minimum Gasteiger partial charge on any atom is -0.387 e. The lowest BCUT2D eigenvalue weighted by Crippen LogP contribution is -2.07. The highest BCUT2D eigenvalue weighted by Crippen LogP contribution is 2.40. The molecule has 1 fully saturated rings. The lowest BCUT2D eigenvalue weighted by atomic mass is 10.00. The molecule has 1 unspecified atom stereocenters. The normalized spacial score (nSPS) is 20.8. The maximum Gasteiger partial charge on any atom is 0.0924 e. The van der Waals surface area contributed by atoms with Gasteiger partial charge in [0.05, 0.1) is 16.0 Å². The Morgan fingerprint density at radius 1 is 1.46 bits per heavy atom. The van der Waals surface area contributed by atoms with Crippen molar-refractivity contribution >= 4 is 22.9 Å². The molecule has 0 aliphatic heterocycles. The summed E-state index contributed by atoms with van der Waals surface area (Å²) in [6, 6.07) is 1.86. The fourth-order valence-corrected chi connectivity index (χ4v) is 3.25. The number of halogens is 1. The molecule has 1 saturated carbocycles. The highest BCUT2D eigenvalue weighted by atomic mass is 35.5. The van der Waals surface area contributed by atoms with E-state index in [9.17, 15) is 5.11 Å². The third-order valence-electron chi connectivity index (χ3n) is 2.76. The zero-order chi connectivity index (χ0) is 9.26. The Morgan fingerprint density at radius 3 is 2.69 bits per heavy atom. The molecule has 0 amide bonds. The van der Waals surface area contributed by atoms with E-state index in [4.69, 9.17) is 11.6 Å². The number of rotatable bonds is 2. The molecule has 1 heterocycles. The minimum absolute atomic E-state index is 0.324. The van der Waals surface area contributed by atoms with Crippen LogP contribution in [0, 0.1) is 5.92 Å². The first-order valence-corrected chi connectivity index (χ1v) is 5.96. The average molecular weight is 217 g/mol. The van der Waals surface area contributed by atoms with Crippen molar-refractivity contribution in [3.05, 3.63) is 21.3 Å². The van der Waals surface area contributed by atoms with Crippen LogP contribution in [0.3, 0.4) is 0 Å². The average Bonchev–Trinajstić information content (AvgIpc) is 2.72. The van der Waals surface area contributed by atoms with Crippen LogP contribution < -0.4 is 0 Å². The van der Waals surface area contributed by atoms with E-state index >= 15 is 0 Å². The first-order valence-electron chi connectivity index (χ1n) is 4.70. The maximum atomic E-state index is 10.0. The Hall–Kier alpha value is -0.0500. The molecule has 2 rings (SSSR count). The molecule has 0 bridgehead atoms. The standard InChI is InChI=1S/C10H13ClOS/c11-8-5-6-13-10(8)9(12)7-3-1-2-4-7/h5-7,9,12H,1-4H2. The molecule has 0 spiro atoms. The van der Waals surface area contributed by atoms with Crippen molar-refractivity contribution in [2.75, 3.05) is 0 Å². The van der Waals surface area contributed by atoms with Crippen molar-refractivity contribution in [3.8, 4) is 0 Å². The van der Waals surface area contributed by atoms with Crippen LogP contribution in [0.4, 0.5) is 0 Å². The van der Waals surface area contributed by atoms with Gasteiger partial charge in [-0.05, 0) is 30.2 Å². The molecule has 3 heteroatoms. The van der Waals surface area contributed by atoms with Crippen LogP contribution in [0.2, 0.25) is 5.02 Å². The predicted molar refractivity (Wildman–Crippen MR) is 56.2 cm³/mol. The fraction of sp³-hybridized carbons (Fsp3) is 0.600. The van der Waals surface area contributed by atoms with Gasteiger partial charge in [-0.3, -0.25) is 0 Å². The van der Waals surface area contributed by atoms with Crippen molar-refractivity contribution in [1.82, 2.24) is 0 Å². The van der Waals surface area contributed by atoms with Gasteiger partial charge in [-0.2, -0.15) is 0 Å². The van der Waals surface area contributed by atoms with Crippen LogP contribution >= 0.6 is 22.9 Å².